The Bertz CT molecular complexity index is 1110. The highest BCUT2D eigenvalue weighted by atomic mass is 19.1. The summed E-state index contributed by atoms with van der Waals surface area (Å²) in [5.74, 6) is 1.44. The number of carbonyl (C=O) groups is 1. The summed E-state index contributed by atoms with van der Waals surface area (Å²) in [6, 6.07) is 10.7. The van der Waals surface area contributed by atoms with E-state index in [0.717, 1.165) is 34.9 Å². The van der Waals surface area contributed by atoms with Crippen molar-refractivity contribution in [2.45, 2.75) is 26.8 Å². The Morgan fingerprint density at radius 3 is 2.59 bits per heavy atom. The normalized spacial score (nSPS) is 14.0. The fourth-order valence-corrected chi connectivity index (χ4v) is 3.93. The van der Waals surface area contributed by atoms with Gasteiger partial charge >= 0.3 is 0 Å². The zero-order valence-corrected chi connectivity index (χ0v) is 18.7. The molecule has 2 aromatic heterocycles. The van der Waals surface area contributed by atoms with Gasteiger partial charge in [0.05, 0.1) is 12.8 Å². The number of anilines is 1. The molecule has 0 atom stereocenters. The first-order chi connectivity index (χ1) is 15.5. The molecule has 0 bridgehead atoms. The predicted octanol–water partition coefficient (Wildman–Crippen LogP) is 3.31. The largest absolute Gasteiger partial charge is 0.497 e. The molecule has 3 aromatic rings. The van der Waals surface area contributed by atoms with Gasteiger partial charge in [0.15, 0.2) is 0 Å². The van der Waals surface area contributed by atoms with E-state index < -0.39 is 0 Å². The number of halogens is 1. The molecule has 1 aromatic carbocycles. The summed E-state index contributed by atoms with van der Waals surface area (Å²) >= 11 is 0. The first kappa shape index (κ1) is 21.8. The zero-order valence-electron chi connectivity index (χ0n) is 18.7. The third kappa shape index (κ3) is 4.59. The zero-order chi connectivity index (χ0) is 22.7. The molecule has 3 heterocycles. The lowest BCUT2D eigenvalue weighted by Crippen LogP contribution is -2.50. The van der Waals surface area contributed by atoms with Crippen molar-refractivity contribution < 1.29 is 13.9 Å². The maximum absolute atomic E-state index is 13.6. The van der Waals surface area contributed by atoms with E-state index in [2.05, 4.69) is 15.0 Å². The third-order valence-corrected chi connectivity index (χ3v) is 5.87. The molecule has 8 heteroatoms. The van der Waals surface area contributed by atoms with Gasteiger partial charge in [-0.05, 0) is 49.2 Å². The Kier molecular flexibility index (Phi) is 6.39. The third-order valence-electron chi connectivity index (χ3n) is 5.87. The summed E-state index contributed by atoms with van der Waals surface area (Å²) in [6.07, 6.45) is 2.49. The van der Waals surface area contributed by atoms with Crippen LogP contribution in [-0.4, -0.2) is 58.9 Å². The van der Waals surface area contributed by atoms with Gasteiger partial charge in [-0.3, -0.25) is 9.48 Å². The molecule has 0 N–H and O–H groups in total. The molecule has 32 heavy (non-hydrogen) atoms. The predicted molar refractivity (Wildman–Crippen MR) is 121 cm³/mol. The monoisotopic (exact) mass is 437 g/mol. The van der Waals surface area contributed by atoms with Crippen molar-refractivity contribution in [3.05, 3.63) is 59.7 Å². The molecule has 0 saturated carbocycles. The minimum Gasteiger partial charge on any atom is -0.497 e. The number of rotatable bonds is 6. The average molecular weight is 438 g/mol. The molecule has 168 valence electrons. The van der Waals surface area contributed by atoms with Gasteiger partial charge in [-0.25, -0.2) is 9.37 Å². The molecule has 1 aliphatic rings. The summed E-state index contributed by atoms with van der Waals surface area (Å²) in [5.41, 5.74) is 3.17. The van der Waals surface area contributed by atoms with Crippen LogP contribution in [0.3, 0.4) is 0 Å². The topological polar surface area (TPSA) is 63.5 Å². The molecule has 1 saturated heterocycles. The van der Waals surface area contributed by atoms with Crippen LogP contribution in [0, 0.1) is 12.7 Å². The van der Waals surface area contributed by atoms with E-state index in [-0.39, 0.29) is 18.3 Å². The number of methoxy groups -OCH3 is 1. The number of nitrogens with zero attached hydrogens (tertiary/aromatic N) is 5. The van der Waals surface area contributed by atoms with Gasteiger partial charge in [-0.1, -0.05) is 6.92 Å². The number of aryl methyl sites for hydroxylation is 2. The smallest absolute Gasteiger partial charge is 0.244 e. The van der Waals surface area contributed by atoms with Crippen molar-refractivity contribution in [3.8, 4) is 17.0 Å². The Hall–Kier alpha value is -3.42. The second-order valence-corrected chi connectivity index (χ2v) is 7.92. The lowest BCUT2D eigenvalue weighted by atomic mass is 10.1. The van der Waals surface area contributed by atoms with Crippen molar-refractivity contribution in [1.82, 2.24) is 19.7 Å². The van der Waals surface area contributed by atoms with Crippen LogP contribution in [-0.2, 0) is 17.8 Å². The summed E-state index contributed by atoms with van der Waals surface area (Å²) in [4.78, 5) is 21.4. The summed E-state index contributed by atoms with van der Waals surface area (Å²) in [7, 11) is 1.64. The lowest BCUT2D eigenvalue weighted by molar-refractivity contribution is -0.132. The van der Waals surface area contributed by atoms with Crippen molar-refractivity contribution in [2.24, 2.45) is 0 Å². The van der Waals surface area contributed by atoms with Crippen LogP contribution in [0.5, 0.6) is 5.75 Å². The SMILES string of the molecule is CCc1cc(-c2ccc(F)c(C)c2)nn1CC(=O)N1CCN(c2cc(OC)ccn2)CC1. The molecule has 1 amide bonds. The van der Waals surface area contributed by atoms with E-state index in [0.29, 0.717) is 31.7 Å². The van der Waals surface area contributed by atoms with Crippen molar-refractivity contribution in [1.29, 1.82) is 0 Å². The van der Waals surface area contributed by atoms with Gasteiger partial charge < -0.3 is 14.5 Å². The highest BCUT2D eigenvalue weighted by molar-refractivity contribution is 5.76. The molecule has 0 spiro atoms. The number of hydrogen-bond donors (Lipinski definition) is 0. The number of carbonyl (C=O) groups excluding carboxylic acids is 1. The van der Waals surface area contributed by atoms with E-state index in [9.17, 15) is 9.18 Å². The Morgan fingerprint density at radius 1 is 1.12 bits per heavy atom. The van der Waals surface area contributed by atoms with Gasteiger partial charge in [-0.15, -0.1) is 0 Å². The molecule has 7 nitrogen and oxygen atoms in total. The number of benzene rings is 1. The summed E-state index contributed by atoms with van der Waals surface area (Å²) in [6.45, 7) is 6.66. The minimum absolute atomic E-state index is 0.0443. The maximum atomic E-state index is 13.6. The quantitative estimate of drug-likeness (QED) is 0.592. The lowest BCUT2D eigenvalue weighted by Gasteiger charge is -2.35. The van der Waals surface area contributed by atoms with Crippen LogP contribution < -0.4 is 9.64 Å². The number of amides is 1. The fourth-order valence-electron chi connectivity index (χ4n) is 3.93. The summed E-state index contributed by atoms with van der Waals surface area (Å²) in [5, 5.41) is 4.65. The highest BCUT2D eigenvalue weighted by Gasteiger charge is 2.23. The van der Waals surface area contributed by atoms with Crippen LogP contribution in [0.2, 0.25) is 0 Å². The number of aromatic nitrogens is 3. The van der Waals surface area contributed by atoms with Crippen molar-refractivity contribution in [3.63, 3.8) is 0 Å². The van der Waals surface area contributed by atoms with E-state index >= 15 is 0 Å². The van der Waals surface area contributed by atoms with Crippen molar-refractivity contribution in [2.75, 3.05) is 38.2 Å². The van der Waals surface area contributed by atoms with Crippen LogP contribution in [0.25, 0.3) is 11.3 Å². The van der Waals surface area contributed by atoms with Gasteiger partial charge in [0.2, 0.25) is 5.91 Å². The minimum atomic E-state index is -0.234. The first-order valence-electron chi connectivity index (χ1n) is 10.8. The standard InChI is InChI=1S/C24H28FN5O2/c1-4-19-14-22(18-5-6-21(25)17(2)13-18)27-30(19)16-24(31)29-11-9-28(10-12-29)23-15-20(32-3)7-8-26-23/h5-8,13-15H,4,9-12,16H2,1-3H3. The van der Waals surface area contributed by atoms with Gasteiger partial charge in [0.1, 0.15) is 23.9 Å². The highest BCUT2D eigenvalue weighted by Crippen LogP contribution is 2.23. The molecular formula is C24H28FN5O2. The summed E-state index contributed by atoms with van der Waals surface area (Å²) < 4.78 is 20.7. The van der Waals surface area contributed by atoms with Gasteiger partial charge in [0.25, 0.3) is 0 Å². The maximum Gasteiger partial charge on any atom is 0.244 e. The second kappa shape index (κ2) is 9.38. The Balaban J connectivity index is 1.42. The Morgan fingerprint density at radius 2 is 1.91 bits per heavy atom. The molecular weight excluding hydrogens is 409 g/mol. The van der Waals surface area contributed by atoms with Gasteiger partial charge in [-0.2, -0.15) is 5.10 Å². The fraction of sp³-hybridized carbons (Fsp3) is 0.375. The number of ether oxygens (including phenoxy) is 1. The van der Waals surface area contributed by atoms with E-state index in [4.69, 9.17) is 4.74 Å². The molecule has 0 radical (unpaired) electrons. The Labute approximate surface area is 187 Å². The van der Waals surface area contributed by atoms with E-state index in [1.807, 2.05) is 30.0 Å². The van der Waals surface area contributed by atoms with Crippen LogP contribution in [0.1, 0.15) is 18.2 Å². The van der Waals surface area contributed by atoms with Crippen LogP contribution in [0.15, 0.2) is 42.6 Å². The van der Waals surface area contributed by atoms with E-state index in [1.165, 1.54) is 6.07 Å². The average Bonchev–Trinajstić information content (AvgIpc) is 3.23. The number of pyridine rings is 1. The second-order valence-electron chi connectivity index (χ2n) is 7.92. The number of hydrogen-bond acceptors (Lipinski definition) is 5. The van der Waals surface area contributed by atoms with E-state index in [1.54, 1.807) is 37.0 Å². The molecule has 1 fully saturated rings. The molecule has 1 aliphatic heterocycles. The number of piperazine rings is 1. The van der Waals surface area contributed by atoms with Crippen LogP contribution in [0.4, 0.5) is 10.2 Å². The molecule has 0 unspecified atom stereocenters. The molecule has 4 rings (SSSR count). The van der Waals surface area contributed by atoms with Crippen molar-refractivity contribution >= 4 is 11.7 Å². The molecule has 0 aliphatic carbocycles. The first-order valence-corrected chi connectivity index (χ1v) is 10.8. The van der Waals surface area contributed by atoms with Crippen LogP contribution >= 0.6 is 0 Å². The van der Waals surface area contributed by atoms with Gasteiger partial charge in [0, 0.05) is 49.7 Å².